The fourth-order valence-corrected chi connectivity index (χ4v) is 3.80. The Morgan fingerprint density at radius 2 is 2.15 bits per heavy atom. The highest BCUT2D eigenvalue weighted by Crippen LogP contribution is 2.24. The number of aromatic nitrogens is 2. The van der Waals surface area contributed by atoms with Crippen LogP contribution in [0.1, 0.15) is 5.82 Å². The van der Waals surface area contributed by atoms with Gasteiger partial charge in [-0.1, -0.05) is 29.8 Å². The number of hydrogen-bond donors (Lipinski definition) is 1. The maximum absolute atomic E-state index is 13.1. The van der Waals surface area contributed by atoms with Crippen molar-refractivity contribution in [2.24, 2.45) is 0 Å². The second-order valence-corrected chi connectivity index (χ2v) is 7.20. The Balaban J connectivity index is 1.94. The van der Waals surface area contributed by atoms with Crippen LogP contribution in [0, 0.1) is 11.3 Å². The van der Waals surface area contributed by atoms with Gasteiger partial charge in [0.2, 0.25) is 0 Å². The highest BCUT2D eigenvalue weighted by atomic mass is 35.5. The molecule has 1 aliphatic rings. The summed E-state index contributed by atoms with van der Waals surface area (Å²) >= 11 is 7.68. The van der Waals surface area contributed by atoms with Gasteiger partial charge in [-0.2, -0.15) is 5.26 Å². The third-order valence-electron chi connectivity index (χ3n) is 4.17. The van der Waals surface area contributed by atoms with Gasteiger partial charge in [-0.05, 0) is 54.1 Å². The Kier molecular flexibility index (Phi) is 4.40. The summed E-state index contributed by atoms with van der Waals surface area (Å²) in [5.41, 5.74) is -0.0297. The Bertz CT molecular complexity index is 1210. The lowest BCUT2D eigenvalue weighted by Crippen LogP contribution is -2.37. The lowest BCUT2D eigenvalue weighted by molar-refractivity contribution is 0.694. The van der Waals surface area contributed by atoms with Gasteiger partial charge in [0.05, 0.1) is 22.3 Å². The fraction of sp³-hybridized carbons (Fsp3) is 0.0500. The molecule has 0 radical (unpaired) electrons. The summed E-state index contributed by atoms with van der Waals surface area (Å²) in [4.78, 5) is 17.7. The molecule has 2 aromatic heterocycles. The molecule has 27 heavy (non-hydrogen) atoms. The first-order valence-corrected chi connectivity index (χ1v) is 9.37. The second kappa shape index (κ2) is 6.88. The van der Waals surface area contributed by atoms with E-state index < -0.39 is 5.54 Å². The van der Waals surface area contributed by atoms with E-state index in [0.717, 1.165) is 0 Å². The Morgan fingerprint density at radius 1 is 1.30 bits per heavy atom. The van der Waals surface area contributed by atoms with Crippen LogP contribution in [0.4, 0.5) is 0 Å². The van der Waals surface area contributed by atoms with Crippen molar-refractivity contribution in [1.82, 2.24) is 14.9 Å². The molecule has 1 N–H and O–H groups in total. The van der Waals surface area contributed by atoms with Gasteiger partial charge in [-0.3, -0.25) is 9.36 Å². The number of benzene rings is 1. The topological polar surface area (TPSA) is 70.7 Å². The van der Waals surface area contributed by atoms with Gasteiger partial charge in [0.15, 0.2) is 5.54 Å². The maximum atomic E-state index is 13.1. The molecule has 0 saturated carbocycles. The van der Waals surface area contributed by atoms with E-state index in [4.69, 9.17) is 11.6 Å². The second-order valence-electron chi connectivity index (χ2n) is 5.87. The van der Waals surface area contributed by atoms with Gasteiger partial charge in [-0.25, -0.2) is 4.98 Å². The summed E-state index contributed by atoms with van der Waals surface area (Å²) < 4.78 is 2.03. The molecular formula is C20H13ClN4OS. The minimum atomic E-state index is -0.999. The molecule has 0 spiro atoms. The molecule has 4 rings (SSSR count). The Hall–Kier alpha value is -3.14. The van der Waals surface area contributed by atoms with Crippen LogP contribution in [0.2, 0.25) is 5.02 Å². The fourth-order valence-electron chi connectivity index (χ4n) is 2.82. The van der Waals surface area contributed by atoms with Crippen molar-refractivity contribution in [1.29, 1.82) is 5.26 Å². The Labute approximate surface area is 164 Å². The molecular weight excluding hydrogens is 380 g/mol. The number of fused-ring (bicyclic) bond motifs is 1. The van der Waals surface area contributed by atoms with Crippen molar-refractivity contribution < 1.29 is 0 Å². The number of rotatable bonds is 3. The van der Waals surface area contributed by atoms with Crippen LogP contribution in [0.15, 0.2) is 71.0 Å². The van der Waals surface area contributed by atoms with Crippen molar-refractivity contribution in [3.63, 3.8) is 0 Å². The molecule has 1 aromatic carbocycles. The number of hydrogen-bond acceptors (Lipinski definition) is 5. The lowest BCUT2D eigenvalue weighted by Gasteiger charge is -2.21. The lowest BCUT2D eigenvalue weighted by atomic mass is 9.98. The van der Waals surface area contributed by atoms with Crippen LogP contribution in [0.5, 0.6) is 0 Å². The minimum absolute atomic E-state index is 0.194. The van der Waals surface area contributed by atoms with Gasteiger partial charge in [0.25, 0.3) is 5.56 Å². The molecule has 0 amide bonds. The molecule has 1 unspecified atom stereocenters. The van der Waals surface area contributed by atoms with Crippen LogP contribution in [-0.4, -0.2) is 15.1 Å². The van der Waals surface area contributed by atoms with E-state index in [1.165, 1.54) is 15.9 Å². The summed E-state index contributed by atoms with van der Waals surface area (Å²) in [6.07, 6.45) is 10.4. The number of halogens is 1. The first kappa shape index (κ1) is 17.3. The highest BCUT2D eigenvalue weighted by molar-refractivity contribution is 7.17. The van der Waals surface area contributed by atoms with Crippen molar-refractivity contribution in [3.05, 3.63) is 87.4 Å². The van der Waals surface area contributed by atoms with E-state index in [0.29, 0.717) is 26.8 Å². The quantitative estimate of drug-likeness (QED) is 0.730. The molecule has 0 aliphatic carbocycles. The Morgan fingerprint density at radius 3 is 2.89 bits per heavy atom. The monoisotopic (exact) mass is 392 g/mol. The van der Waals surface area contributed by atoms with Crippen LogP contribution in [-0.2, 0) is 0 Å². The molecule has 3 aromatic rings. The van der Waals surface area contributed by atoms with Gasteiger partial charge in [0.1, 0.15) is 10.5 Å². The van der Waals surface area contributed by atoms with E-state index in [1.807, 2.05) is 11.4 Å². The largest absolute Gasteiger partial charge is 0.367 e. The molecule has 132 valence electrons. The van der Waals surface area contributed by atoms with Gasteiger partial charge >= 0.3 is 0 Å². The van der Waals surface area contributed by atoms with E-state index in [-0.39, 0.29) is 5.56 Å². The van der Waals surface area contributed by atoms with Crippen LogP contribution >= 0.6 is 22.9 Å². The summed E-state index contributed by atoms with van der Waals surface area (Å²) in [5, 5.41) is 14.9. The zero-order valence-electron chi connectivity index (χ0n) is 14.0. The van der Waals surface area contributed by atoms with E-state index in [1.54, 1.807) is 60.8 Å². The molecule has 1 aliphatic heterocycles. The average Bonchev–Trinajstić information content (AvgIpc) is 3.17. The van der Waals surface area contributed by atoms with Crippen molar-refractivity contribution in [2.75, 3.05) is 0 Å². The summed E-state index contributed by atoms with van der Waals surface area (Å²) in [6.45, 7) is 0. The molecule has 0 saturated heterocycles. The van der Waals surface area contributed by atoms with Crippen molar-refractivity contribution in [3.8, 4) is 11.8 Å². The number of para-hydroxylation sites is 1. The highest BCUT2D eigenvalue weighted by Gasteiger charge is 2.23. The summed E-state index contributed by atoms with van der Waals surface area (Å²) in [5.74, 6) is 0.401. The summed E-state index contributed by atoms with van der Waals surface area (Å²) in [7, 11) is 0. The van der Waals surface area contributed by atoms with Crippen molar-refractivity contribution in [2.45, 2.75) is 5.54 Å². The minimum Gasteiger partial charge on any atom is -0.367 e. The molecule has 0 fully saturated rings. The zero-order valence-corrected chi connectivity index (χ0v) is 15.5. The maximum Gasteiger partial charge on any atom is 0.276 e. The number of nitrogens with zero attached hydrogens (tertiary/aromatic N) is 3. The third kappa shape index (κ3) is 3.08. The predicted molar refractivity (Wildman–Crippen MR) is 109 cm³/mol. The van der Waals surface area contributed by atoms with Crippen LogP contribution < -0.4 is 10.9 Å². The number of nitrogens with one attached hydrogen (secondary N) is 1. The van der Waals surface area contributed by atoms with Crippen LogP contribution in [0.3, 0.4) is 0 Å². The smallest absolute Gasteiger partial charge is 0.276 e. The summed E-state index contributed by atoms with van der Waals surface area (Å²) in [6, 6.07) is 11.1. The van der Waals surface area contributed by atoms with E-state index in [9.17, 15) is 10.1 Å². The van der Waals surface area contributed by atoms with Crippen molar-refractivity contribution >= 4 is 39.2 Å². The predicted octanol–water partition coefficient (Wildman–Crippen LogP) is 4.05. The number of thiophene rings is 1. The number of allylic oxidation sites excluding steroid dienone is 2. The normalized spacial score (nSPS) is 18.7. The van der Waals surface area contributed by atoms with E-state index in [2.05, 4.69) is 16.4 Å². The number of nitriles is 1. The molecule has 5 nitrogen and oxygen atoms in total. The zero-order chi connectivity index (χ0) is 18.9. The first-order chi connectivity index (χ1) is 13.1. The van der Waals surface area contributed by atoms with Gasteiger partial charge < -0.3 is 5.32 Å². The molecule has 1 atom stereocenters. The SMILES string of the molecule is N#CC1(C=Cc2nc3ccsc3c(=O)n2-c2ccccc2Cl)C=CC=CN1. The van der Waals surface area contributed by atoms with Gasteiger partial charge in [-0.15, -0.1) is 11.3 Å². The first-order valence-electron chi connectivity index (χ1n) is 8.11. The molecule has 0 bridgehead atoms. The van der Waals surface area contributed by atoms with Gasteiger partial charge in [0, 0.05) is 0 Å². The number of dihydropyridines is 1. The standard InChI is InChI=1S/C20H13ClN4OS/c21-14-5-1-2-6-16(14)25-17(24-15-8-12-27-18(15)19(25)26)7-10-20(13-22)9-3-4-11-23-20/h1-12,23H. The third-order valence-corrected chi connectivity index (χ3v) is 5.38. The van der Waals surface area contributed by atoms with E-state index >= 15 is 0 Å². The average molecular weight is 393 g/mol. The molecule has 7 heteroatoms. The molecule has 3 heterocycles. The van der Waals surface area contributed by atoms with Crippen LogP contribution in [0.25, 0.3) is 22.0 Å².